The van der Waals surface area contributed by atoms with Crippen LogP contribution < -0.4 is 0 Å². The molecule has 0 aliphatic rings. The molecule has 0 aliphatic carbocycles. The van der Waals surface area contributed by atoms with Gasteiger partial charge in [-0.1, -0.05) is 13.8 Å². The molecular weight excluding hydrogens is 258 g/mol. The Morgan fingerprint density at radius 1 is 1.27 bits per heavy atom. The number of nitrogens with zero attached hydrogens (tertiary/aromatic N) is 5. The summed E-state index contributed by atoms with van der Waals surface area (Å²) in [7, 11) is 0. The zero-order chi connectivity index (χ0) is 10.8. The van der Waals surface area contributed by atoms with Crippen molar-refractivity contribution >= 4 is 15.9 Å². The molecule has 2 aromatic heterocycles. The van der Waals surface area contributed by atoms with Gasteiger partial charge < -0.3 is 0 Å². The van der Waals surface area contributed by atoms with E-state index in [1.807, 2.05) is 0 Å². The van der Waals surface area contributed by atoms with Gasteiger partial charge in [0, 0.05) is 18.3 Å². The van der Waals surface area contributed by atoms with Crippen LogP contribution in [0.25, 0.3) is 5.95 Å². The van der Waals surface area contributed by atoms with Crippen molar-refractivity contribution in [3.8, 4) is 5.95 Å². The van der Waals surface area contributed by atoms with Crippen molar-refractivity contribution in [3.05, 3.63) is 29.0 Å². The number of rotatable bonds is 2. The maximum Gasteiger partial charge on any atom is 0.252 e. The molecule has 0 amide bonds. The molecule has 2 aromatic rings. The second-order valence-corrected chi connectivity index (χ2v) is 4.06. The highest BCUT2D eigenvalue weighted by molar-refractivity contribution is 9.10. The Kier molecular flexibility index (Phi) is 2.77. The van der Waals surface area contributed by atoms with Crippen LogP contribution in [-0.2, 0) is 0 Å². The van der Waals surface area contributed by atoms with Crippen LogP contribution in [0.4, 0.5) is 0 Å². The third kappa shape index (κ3) is 2.04. The number of hydrogen-bond acceptors (Lipinski definition) is 4. The first-order valence-corrected chi connectivity index (χ1v) is 5.37. The fourth-order valence-corrected chi connectivity index (χ4v) is 1.56. The van der Waals surface area contributed by atoms with Crippen molar-refractivity contribution in [1.82, 2.24) is 24.7 Å². The van der Waals surface area contributed by atoms with Crippen LogP contribution in [-0.4, -0.2) is 24.7 Å². The van der Waals surface area contributed by atoms with E-state index in [4.69, 9.17) is 0 Å². The topological polar surface area (TPSA) is 56.5 Å². The van der Waals surface area contributed by atoms with Gasteiger partial charge in [0.15, 0.2) is 0 Å². The normalized spacial score (nSPS) is 10.9. The maximum absolute atomic E-state index is 4.28. The van der Waals surface area contributed by atoms with Gasteiger partial charge in [-0.25, -0.2) is 15.0 Å². The lowest BCUT2D eigenvalue weighted by molar-refractivity contribution is 0.687. The van der Waals surface area contributed by atoms with E-state index in [1.165, 1.54) is 0 Å². The molecule has 2 rings (SSSR count). The minimum atomic E-state index is 0.271. The van der Waals surface area contributed by atoms with Crippen molar-refractivity contribution in [3.63, 3.8) is 0 Å². The first kappa shape index (κ1) is 10.2. The molecule has 0 saturated carbocycles. The maximum atomic E-state index is 4.28. The Morgan fingerprint density at radius 2 is 1.93 bits per heavy atom. The summed E-state index contributed by atoms with van der Waals surface area (Å²) in [5.74, 6) is 1.65. The van der Waals surface area contributed by atoms with Crippen LogP contribution in [0.1, 0.15) is 25.6 Å². The second kappa shape index (κ2) is 4.06. The molecule has 0 N–H and O–H groups in total. The molecule has 0 aromatic carbocycles. The average molecular weight is 268 g/mol. The standard InChI is InChI=1S/C9H10BrN5/c1-6(2)7-13-8(10)14-15(7)9-11-4-3-5-12-9/h3-6H,1-2H3. The van der Waals surface area contributed by atoms with E-state index in [-0.39, 0.29) is 5.92 Å². The lowest BCUT2D eigenvalue weighted by Crippen LogP contribution is -2.08. The monoisotopic (exact) mass is 267 g/mol. The van der Waals surface area contributed by atoms with Crippen LogP contribution >= 0.6 is 15.9 Å². The highest BCUT2D eigenvalue weighted by Crippen LogP contribution is 2.16. The molecule has 0 spiro atoms. The van der Waals surface area contributed by atoms with Gasteiger partial charge in [-0.2, -0.15) is 4.68 Å². The van der Waals surface area contributed by atoms with Gasteiger partial charge in [-0.15, -0.1) is 5.10 Å². The number of hydrogen-bond donors (Lipinski definition) is 0. The highest BCUT2D eigenvalue weighted by atomic mass is 79.9. The second-order valence-electron chi connectivity index (χ2n) is 3.35. The zero-order valence-corrected chi connectivity index (χ0v) is 10.0. The van der Waals surface area contributed by atoms with Gasteiger partial charge in [-0.05, 0) is 22.0 Å². The van der Waals surface area contributed by atoms with Gasteiger partial charge in [0.05, 0.1) is 0 Å². The quantitative estimate of drug-likeness (QED) is 0.835. The molecule has 5 nitrogen and oxygen atoms in total. The van der Waals surface area contributed by atoms with Crippen molar-refractivity contribution in [2.24, 2.45) is 0 Å². The smallest absolute Gasteiger partial charge is 0.220 e. The minimum Gasteiger partial charge on any atom is -0.220 e. The predicted octanol–water partition coefficient (Wildman–Crippen LogP) is 1.94. The van der Waals surface area contributed by atoms with Gasteiger partial charge in [-0.3, -0.25) is 0 Å². The molecule has 0 saturated heterocycles. The summed E-state index contributed by atoms with van der Waals surface area (Å²) >= 11 is 3.25. The Bertz CT molecular complexity index is 451. The lowest BCUT2D eigenvalue weighted by atomic mass is 10.2. The zero-order valence-electron chi connectivity index (χ0n) is 8.42. The van der Waals surface area contributed by atoms with Crippen LogP contribution in [0.5, 0.6) is 0 Å². The summed E-state index contributed by atoms with van der Waals surface area (Å²) in [6, 6.07) is 1.77. The van der Waals surface area contributed by atoms with E-state index in [2.05, 4.69) is 49.8 Å². The van der Waals surface area contributed by atoms with Gasteiger partial charge in [0.2, 0.25) is 4.73 Å². The van der Waals surface area contributed by atoms with E-state index in [0.717, 1.165) is 5.82 Å². The average Bonchev–Trinajstić information content (AvgIpc) is 2.62. The molecule has 6 heteroatoms. The molecule has 0 aliphatic heterocycles. The van der Waals surface area contributed by atoms with E-state index < -0.39 is 0 Å². The van der Waals surface area contributed by atoms with Crippen LogP contribution in [0.2, 0.25) is 0 Å². The summed E-state index contributed by atoms with van der Waals surface area (Å²) in [4.78, 5) is 12.5. The molecule has 78 valence electrons. The fourth-order valence-electron chi connectivity index (χ4n) is 1.22. The van der Waals surface area contributed by atoms with Gasteiger partial charge in [0.25, 0.3) is 5.95 Å². The number of aromatic nitrogens is 5. The summed E-state index contributed by atoms with van der Waals surface area (Å²) in [6.45, 7) is 4.10. The lowest BCUT2D eigenvalue weighted by Gasteiger charge is -2.05. The molecule has 2 heterocycles. The molecule has 0 unspecified atom stereocenters. The first-order chi connectivity index (χ1) is 7.18. The summed E-state index contributed by atoms with van der Waals surface area (Å²) in [6.07, 6.45) is 3.37. The highest BCUT2D eigenvalue weighted by Gasteiger charge is 2.14. The Balaban J connectivity index is 2.53. The summed E-state index contributed by atoms with van der Waals surface area (Å²) < 4.78 is 2.20. The first-order valence-electron chi connectivity index (χ1n) is 4.58. The van der Waals surface area contributed by atoms with Crippen molar-refractivity contribution in [2.45, 2.75) is 19.8 Å². The third-order valence-electron chi connectivity index (χ3n) is 1.86. The SMILES string of the molecule is CC(C)c1nc(Br)nn1-c1ncccn1. The van der Waals surface area contributed by atoms with Crippen LogP contribution in [0.15, 0.2) is 23.2 Å². The number of halogens is 1. The van der Waals surface area contributed by atoms with E-state index in [1.54, 1.807) is 23.1 Å². The van der Waals surface area contributed by atoms with Crippen LogP contribution in [0.3, 0.4) is 0 Å². The van der Waals surface area contributed by atoms with Crippen molar-refractivity contribution in [2.75, 3.05) is 0 Å². The third-order valence-corrected chi connectivity index (χ3v) is 2.20. The fraction of sp³-hybridized carbons (Fsp3) is 0.333. The minimum absolute atomic E-state index is 0.271. The Hall–Kier alpha value is -1.30. The molecule has 15 heavy (non-hydrogen) atoms. The Labute approximate surface area is 95.7 Å². The van der Waals surface area contributed by atoms with Gasteiger partial charge >= 0.3 is 0 Å². The van der Waals surface area contributed by atoms with E-state index in [0.29, 0.717) is 10.7 Å². The molecule has 0 bridgehead atoms. The summed E-state index contributed by atoms with van der Waals surface area (Å²) in [5, 5.41) is 4.20. The van der Waals surface area contributed by atoms with Crippen LogP contribution in [0, 0.1) is 0 Å². The van der Waals surface area contributed by atoms with E-state index >= 15 is 0 Å². The molecular formula is C9H10BrN5. The van der Waals surface area contributed by atoms with Gasteiger partial charge in [0.1, 0.15) is 5.82 Å². The molecule has 0 radical (unpaired) electrons. The van der Waals surface area contributed by atoms with Crippen molar-refractivity contribution in [1.29, 1.82) is 0 Å². The largest absolute Gasteiger partial charge is 0.252 e. The predicted molar refractivity (Wildman–Crippen MR) is 58.7 cm³/mol. The van der Waals surface area contributed by atoms with Crippen molar-refractivity contribution < 1.29 is 0 Å². The summed E-state index contributed by atoms with van der Waals surface area (Å²) in [5.41, 5.74) is 0. The molecule has 0 atom stereocenters. The van der Waals surface area contributed by atoms with E-state index in [9.17, 15) is 0 Å². The molecule has 0 fully saturated rings. The Morgan fingerprint density at radius 3 is 2.53 bits per heavy atom.